The predicted molar refractivity (Wildman–Crippen MR) is 98.8 cm³/mol. The van der Waals surface area contributed by atoms with Crippen LogP contribution in [-0.4, -0.2) is 54.9 Å². The third-order valence-electron chi connectivity index (χ3n) is 4.72. The van der Waals surface area contributed by atoms with Gasteiger partial charge in [-0.3, -0.25) is 29.0 Å². The fraction of sp³-hybridized carbons (Fsp3) is 0.474. The Morgan fingerprint density at radius 1 is 0.862 bits per heavy atom. The number of nitrogens with one attached hydrogen (secondary N) is 1. The molecule has 0 unspecified atom stereocenters. The lowest BCUT2D eigenvalue weighted by molar-refractivity contribution is -0.150. The summed E-state index contributed by atoms with van der Waals surface area (Å²) in [6.45, 7) is 0.713. The second-order valence-electron chi connectivity index (χ2n) is 6.81. The molecule has 0 spiro atoms. The van der Waals surface area contributed by atoms with Gasteiger partial charge in [-0.1, -0.05) is 0 Å². The van der Waals surface area contributed by atoms with E-state index in [1.807, 2.05) is 0 Å². The van der Waals surface area contributed by atoms with E-state index in [4.69, 9.17) is 4.42 Å². The summed E-state index contributed by atoms with van der Waals surface area (Å²) in [4.78, 5) is 58.7. The zero-order valence-corrected chi connectivity index (χ0v) is 16.0. The molecule has 10 heteroatoms. The number of imidazole rings is 1. The Balaban J connectivity index is 0.000000166. The fourth-order valence-electron chi connectivity index (χ4n) is 3.15. The van der Waals surface area contributed by atoms with E-state index in [2.05, 4.69) is 15.0 Å². The molecule has 29 heavy (non-hydrogen) atoms. The van der Waals surface area contributed by atoms with Crippen molar-refractivity contribution < 1.29 is 23.6 Å². The van der Waals surface area contributed by atoms with Gasteiger partial charge in [0.2, 0.25) is 23.6 Å². The van der Waals surface area contributed by atoms with Gasteiger partial charge >= 0.3 is 0 Å². The quantitative estimate of drug-likeness (QED) is 0.745. The van der Waals surface area contributed by atoms with E-state index in [0.29, 0.717) is 63.8 Å². The molecule has 0 saturated carbocycles. The summed E-state index contributed by atoms with van der Waals surface area (Å²) < 4.78 is 5.03. The minimum absolute atomic E-state index is 0.0780. The van der Waals surface area contributed by atoms with Gasteiger partial charge in [-0.05, 0) is 12.8 Å². The highest BCUT2D eigenvalue weighted by molar-refractivity contribution is 5.98. The van der Waals surface area contributed by atoms with Crippen LogP contribution in [0.1, 0.15) is 50.0 Å². The number of aromatic nitrogens is 3. The molecule has 154 valence electrons. The molecule has 1 N–H and O–H groups in total. The normalized spacial score (nSPS) is 17.4. The van der Waals surface area contributed by atoms with Crippen LogP contribution in [0.5, 0.6) is 0 Å². The van der Waals surface area contributed by atoms with Crippen LogP contribution in [0.2, 0.25) is 0 Å². The molecule has 2 aromatic heterocycles. The number of hydrogen-bond acceptors (Lipinski definition) is 7. The van der Waals surface area contributed by atoms with E-state index >= 15 is 0 Å². The van der Waals surface area contributed by atoms with E-state index in [9.17, 15) is 19.2 Å². The number of H-pyrrole nitrogens is 1. The van der Waals surface area contributed by atoms with Gasteiger partial charge in [0.05, 0.1) is 24.8 Å². The maximum atomic E-state index is 11.4. The summed E-state index contributed by atoms with van der Waals surface area (Å²) in [7, 11) is 0. The minimum atomic E-state index is -0.0872. The first-order valence-corrected chi connectivity index (χ1v) is 9.55. The maximum absolute atomic E-state index is 11.4. The lowest BCUT2D eigenvalue weighted by Crippen LogP contribution is -2.41. The molecule has 2 aromatic rings. The van der Waals surface area contributed by atoms with Crippen molar-refractivity contribution in [2.24, 2.45) is 0 Å². The van der Waals surface area contributed by atoms with E-state index in [0.717, 1.165) is 5.69 Å². The zero-order valence-electron chi connectivity index (χ0n) is 16.0. The van der Waals surface area contributed by atoms with Gasteiger partial charge in [-0.25, -0.2) is 9.97 Å². The average molecular weight is 401 g/mol. The third kappa shape index (κ3) is 5.59. The van der Waals surface area contributed by atoms with E-state index < -0.39 is 0 Å². The highest BCUT2D eigenvalue weighted by Gasteiger charge is 2.26. The number of carbonyl (C=O) groups excluding carboxylic acids is 4. The van der Waals surface area contributed by atoms with Gasteiger partial charge < -0.3 is 9.40 Å². The van der Waals surface area contributed by atoms with Crippen LogP contribution in [0.4, 0.5) is 0 Å². The van der Waals surface area contributed by atoms with Gasteiger partial charge in [0.15, 0.2) is 6.39 Å². The van der Waals surface area contributed by atoms with Crippen molar-refractivity contribution in [2.45, 2.75) is 51.5 Å². The van der Waals surface area contributed by atoms with Crippen molar-refractivity contribution in [1.29, 1.82) is 0 Å². The Kier molecular flexibility index (Phi) is 6.88. The standard InChI is InChI=1S/C10H12N2O3.C9H11N3O2/c13-9-2-1-3-10(14)12(9)5-4-8-6-11-7-15-8;13-8-2-1-3-9(14)12(8)5-7-4-10-6-11-7/h6-7H,1-5H2;4,6H,1-3,5H2,(H,10,11). The molecule has 0 aromatic carbocycles. The lowest BCUT2D eigenvalue weighted by atomic mass is 10.1. The molecule has 4 rings (SSSR count). The van der Waals surface area contributed by atoms with Crippen molar-refractivity contribution in [3.8, 4) is 0 Å². The lowest BCUT2D eigenvalue weighted by Gasteiger charge is -2.24. The van der Waals surface area contributed by atoms with Gasteiger partial charge in [0.1, 0.15) is 5.76 Å². The highest BCUT2D eigenvalue weighted by atomic mass is 16.3. The van der Waals surface area contributed by atoms with Crippen LogP contribution in [0.15, 0.2) is 29.5 Å². The zero-order chi connectivity index (χ0) is 20.6. The fourth-order valence-corrected chi connectivity index (χ4v) is 3.15. The summed E-state index contributed by atoms with van der Waals surface area (Å²) in [6, 6.07) is 0. The number of rotatable bonds is 5. The number of aromatic amines is 1. The van der Waals surface area contributed by atoms with Crippen molar-refractivity contribution in [2.75, 3.05) is 6.54 Å². The third-order valence-corrected chi connectivity index (χ3v) is 4.72. The largest absolute Gasteiger partial charge is 0.448 e. The Labute approximate surface area is 167 Å². The monoisotopic (exact) mass is 401 g/mol. The number of amides is 4. The van der Waals surface area contributed by atoms with Gasteiger partial charge in [-0.2, -0.15) is 0 Å². The molecule has 2 fully saturated rings. The Hall–Kier alpha value is -3.30. The van der Waals surface area contributed by atoms with Crippen LogP contribution in [-0.2, 0) is 32.1 Å². The minimum Gasteiger partial charge on any atom is -0.448 e. The van der Waals surface area contributed by atoms with Gasteiger partial charge in [-0.15, -0.1) is 0 Å². The molecule has 0 aliphatic carbocycles. The molecular weight excluding hydrogens is 378 g/mol. The number of carbonyl (C=O) groups is 4. The Morgan fingerprint density at radius 3 is 2.00 bits per heavy atom. The number of imide groups is 2. The van der Waals surface area contributed by atoms with Crippen LogP contribution in [0.25, 0.3) is 0 Å². The van der Waals surface area contributed by atoms with Gasteiger partial charge in [0, 0.05) is 44.8 Å². The predicted octanol–water partition coefficient (Wildman–Crippen LogP) is 1.20. The van der Waals surface area contributed by atoms with E-state index in [1.165, 1.54) is 22.5 Å². The van der Waals surface area contributed by atoms with Crippen LogP contribution >= 0.6 is 0 Å². The number of hydrogen-bond donors (Lipinski definition) is 1. The first-order chi connectivity index (χ1) is 14.0. The number of oxazole rings is 1. The van der Waals surface area contributed by atoms with Crippen LogP contribution < -0.4 is 0 Å². The smallest absolute Gasteiger partial charge is 0.229 e. The summed E-state index contributed by atoms with van der Waals surface area (Å²) in [6.07, 6.45) is 9.88. The highest BCUT2D eigenvalue weighted by Crippen LogP contribution is 2.14. The number of likely N-dealkylation sites (tertiary alicyclic amines) is 2. The first-order valence-electron chi connectivity index (χ1n) is 9.55. The Bertz CT molecular complexity index is 814. The molecule has 4 heterocycles. The summed E-state index contributed by atoms with van der Waals surface area (Å²) in [5.41, 5.74) is 0.786. The maximum Gasteiger partial charge on any atom is 0.229 e. The second kappa shape index (κ2) is 9.76. The first kappa shape index (κ1) is 20.4. The molecule has 4 amide bonds. The summed E-state index contributed by atoms with van der Waals surface area (Å²) >= 11 is 0. The second-order valence-corrected chi connectivity index (χ2v) is 6.81. The molecule has 2 aliphatic rings. The summed E-state index contributed by atoms with van der Waals surface area (Å²) in [5, 5.41) is 0. The van der Waals surface area contributed by atoms with Crippen molar-refractivity contribution in [1.82, 2.24) is 24.8 Å². The van der Waals surface area contributed by atoms with Crippen molar-refractivity contribution >= 4 is 23.6 Å². The van der Waals surface area contributed by atoms with Crippen LogP contribution in [0, 0.1) is 0 Å². The molecule has 2 saturated heterocycles. The van der Waals surface area contributed by atoms with Gasteiger partial charge in [0.25, 0.3) is 0 Å². The van der Waals surface area contributed by atoms with Crippen LogP contribution in [0.3, 0.4) is 0 Å². The molecular formula is C19H23N5O5. The van der Waals surface area contributed by atoms with Crippen molar-refractivity contribution in [3.63, 3.8) is 0 Å². The SMILES string of the molecule is O=C1CCCC(=O)N1CCc1cnco1.O=C1CCCC(=O)N1Cc1cnc[nH]1. The van der Waals surface area contributed by atoms with E-state index in [-0.39, 0.29) is 23.6 Å². The van der Waals surface area contributed by atoms with Crippen molar-refractivity contribution in [3.05, 3.63) is 36.6 Å². The topological polar surface area (TPSA) is 129 Å². The molecule has 0 atom stereocenters. The number of nitrogens with zero attached hydrogens (tertiary/aromatic N) is 4. The molecule has 0 radical (unpaired) electrons. The summed E-state index contributed by atoms with van der Waals surface area (Å²) in [5.74, 6) is 0.365. The van der Waals surface area contributed by atoms with E-state index in [1.54, 1.807) is 12.4 Å². The number of piperidine rings is 2. The Morgan fingerprint density at radius 2 is 1.48 bits per heavy atom. The molecule has 10 nitrogen and oxygen atoms in total. The molecule has 2 aliphatic heterocycles. The molecule has 0 bridgehead atoms. The average Bonchev–Trinajstić information content (AvgIpc) is 3.39.